The van der Waals surface area contributed by atoms with Crippen LogP contribution in [0.2, 0.25) is 0 Å². The third-order valence-electron chi connectivity index (χ3n) is 1.24. The van der Waals surface area contributed by atoms with Crippen molar-refractivity contribution >= 4 is 10.1 Å². The van der Waals surface area contributed by atoms with Crippen molar-refractivity contribution in [2.75, 3.05) is 5.75 Å². The van der Waals surface area contributed by atoms with Crippen LogP contribution in [0.4, 0.5) is 0 Å². The van der Waals surface area contributed by atoms with E-state index in [-0.39, 0.29) is 11.9 Å². The SMILES string of the molecule is CC1C=CCCS(=O)(=O)O1. The zero-order valence-electron chi connectivity index (χ0n) is 5.78. The molecule has 58 valence electrons. The Hall–Kier alpha value is -0.350. The van der Waals surface area contributed by atoms with Gasteiger partial charge in [0.05, 0.1) is 11.9 Å². The molecule has 0 amide bonds. The van der Waals surface area contributed by atoms with Crippen LogP contribution in [0.1, 0.15) is 13.3 Å². The van der Waals surface area contributed by atoms with Gasteiger partial charge in [0.1, 0.15) is 0 Å². The van der Waals surface area contributed by atoms with Crippen LogP contribution in [0, 0.1) is 0 Å². The topological polar surface area (TPSA) is 43.4 Å². The van der Waals surface area contributed by atoms with Gasteiger partial charge in [0, 0.05) is 0 Å². The monoisotopic (exact) mass is 162 g/mol. The van der Waals surface area contributed by atoms with Gasteiger partial charge in [-0.25, -0.2) is 0 Å². The van der Waals surface area contributed by atoms with Crippen LogP contribution in [-0.4, -0.2) is 20.3 Å². The van der Waals surface area contributed by atoms with Crippen molar-refractivity contribution in [2.45, 2.75) is 19.4 Å². The minimum Gasteiger partial charge on any atom is -0.263 e. The zero-order valence-corrected chi connectivity index (χ0v) is 6.60. The summed E-state index contributed by atoms with van der Waals surface area (Å²) in [7, 11) is -3.23. The van der Waals surface area contributed by atoms with Gasteiger partial charge >= 0.3 is 0 Å². The Labute approximate surface area is 60.8 Å². The van der Waals surface area contributed by atoms with Crippen LogP contribution in [0.15, 0.2) is 12.2 Å². The standard InChI is InChI=1S/C6H10O3S/c1-6-4-2-3-5-10(7,8)9-6/h2,4,6H,3,5H2,1H3. The predicted molar refractivity (Wildman–Crippen MR) is 38.1 cm³/mol. The van der Waals surface area contributed by atoms with E-state index in [4.69, 9.17) is 0 Å². The molecule has 0 aromatic rings. The third-order valence-corrected chi connectivity index (χ3v) is 2.57. The normalized spacial score (nSPS) is 31.5. The van der Waals surface area contributed by atoms with Gasteiger partial charge in [-0.2, -0.15) is 8.42 Å². The Kier molecular flexibility index (Phi) is 2.11. The first-order valence-electron chi connectivity index (χ1n) is 3.18. The van der Waals surface area contributed by atoms with Gasteiger partial charge < -0.3 is 0 Å². The van der Waals surface area contributed by atoms with Crippen molar-refractivity contribution < 1.29 is 12.6 Å². The van der Waals surface area contributed by atoms with E-state index in [1.165, 1.54) is 0 Å². The summed E-state index contributed by atoms with van der Waals surface area (Å²) in [6.45, 7) is 1.71. The van der Waals surface area contributed by atoms with Crippen LogP contribution >= 0.6 is 0 Å². The zero-order chi connectivity index (χ0) is 7.61. The van der Waals surface area contributed by atoms with Gasteiger partial charge in [-0.05, 0) is 13.3 Å². The first-order valence-corrected chi connectivity index (χ1v) is 4.75. The molecule has 1 heterocycles. The average Bonchev–Trinajstić information content (AvgIpc) is 1.90. The lowest BCUT2D eigenvalue weighted by molar-refractivity contribution is 0.277. The molecule has 0 bridgehead atoms. The molecule has 4 heteroatoms. The second-order valence-corrected chi connectivity index (χ2v) is 4.00. The molecule has 0 fully saturated rings. The Morgan fingerprint density at radius 3 is 3.00 bits per heavy atom. The second-order valence-electron chi connectivity index (χ2n) is 2.28. The summed E-state index contributed by atoms with van der Waals surface area (Å²) in [5.74, 6) is 0.105. The van der Waals surface area contributed by atoms with Crippen molar-refractivity contribution in [3.8, 4) is 0 Å². The number of rotatable bonds is 0. The third kappa shape index (κ3) is 2.11. The molecule has 0 spiro atoms. The first kappa shape index (κ1) is 7.75. The smallest absolute Gasteiger partial charge is 0.263 e. The van der Waals surface area contributed by atoms with Crippen LogP contribution in [0.25, 0.3) is 0 Å². The van der Waals surface area contributed by atoms with Crippen molar-refractivity contribution in [3.63, 3.8) is 0 Å². The maximum Gasteiger partial charge on any atom is 0.268 e. The highest BCUT2D eigenvalue weighted by atomic mass is 32.2. The molecule has 0 saturated heterocycles. The molecule has 0 N–H and O–H groups in total. The molecule has 0 aromatic carbocycles. The Bertz CT molecular complexity index is 227. The maximum absolute atomic E-state index is 10.8. The summed E-state index contributed by atoms with van der Waals surface area (Å²) in [5.41, 5.74) is 0. The van der Waals surface area contributed by atoms with E-state index in [2.05, 4.69) is 4.18 Å². The average molecular weight is 162 g/mol. The molecule has 0 aliphatic carbocycles. The lowest BCUT2D eigenvalue weighted by Crippen LogP contribution is -2.13. The number of hydrogen-bond donors (Lipinski definition) is 0. The quantitative estimate of drug-likeness (QED) is 0.388. The lowest BCUT2D eigenvalue weighted by atomic mass is 10.3. The van der Waals surface area contributed by atoms with Gasteiger partial charge in [0.25, 0.3) is 10.1 Å². The fourth-order valence-corrected chi connectivity index (χ4v) is 1.86. The van der Waals surface area contributed by atoms with Crippen LogP contribution < -0.4 is 0 Å². The van der Waals surface area contributed by atoms with Crippen molar-refractivity contribution in [1.82, 2.24) is 0 Å². The fourth-order valence-electron chi connectivity index (χ4n) is 0.812. The van der Waals surface area contributed by atoms with E-state index in [9.17, 15) is 8.42 Å². The Morgan fingerprint density at radius 1 is 1.60 bits per heavy atom. The molecule has 0 saturated carbocycles. The lowest BCUT2D eigenvalue weighted by Gasteiger charge is -2.03. The highest BCUT2D eigenvalue weighted by molar-refractivity contribution is 7.86. The van der Waals surface area contributed by atoms with Crippen molar-refractivity contribution in [2.24, 2.45) is 0 Å². The minimum absolute atomic E-state index is 0.105. The highest BCUT2D eigenvalue weighted by Gasteiger charge is 2.15. The molecule has 1 rings (SSSR count). The molecule has 1 aliphatic rings. The van der Waals surface area contributed by atoms with Gasteiger partial charge in [-0.1, -0.05) is 12.2 Å². The maximum atomic E-state index is 10.8. The summed E-state index contributed by atoms with van der Waals surface area (Å²) >= 11 is 0. The molecule has 1 unspecified atom stereocenters. The largest absolute Gasteiger partial charge is 0.268 e. The van der Waals surface area contributed by atoms with E-state index in [0.717, 1.165) is 0 Å². The number of hydrogen-bond acceptors (Lipinski definition) is 3. The van der Waals surface area contributed by atoms with Crippen LogP contribution in [-0.2, 0) is 14.3 Å². The molecular weight excluding hydrogens is 152 g/mol. The number of allylic oxidation sites excluding steroid dienone is 1. The van der Waals surface area contributed by atoms with Gasteiger partial charge in [0.2, 0.25) is 0 Å². The van der Waals surface area contributed by atoms with E-state index >= 15 is 0 Å². The first-order chi connectivity index (χ1) is 4.60. The molecular formula is C6H10O3S. The molecule has 1 aliphatic heterocycles. The van der Waals surface area contributed by atoms with Gasteiger partial charge in [-0.15, -0.1) is 0 Å². The minimum atomic E-state index is -3.23. The van der Waals surface area contributed by atoms with Crippen LogP contribution in [0.5, 0.6) is 0 Å². The predicted octanol–water partition coefficient (Wildman–Crippen LogP) is 0.681. The molecule has 10 heavy (non-hydrogen) atoms. The summed E-state index contributed by atoms with van der Waals surface area (Å²) < 4.78 is 26.3. The fraction of sp³-hybridized carbons (Fsp3) is 0.667. The molecule has 1 atom stereocenters. The highest BCUT2D eigenvalue weighted by Crippen LogP contribution is 2.08. The molecule has 0 radical (unpaired) electrons. The summed E-state index contributed by atoms with van der Waals surface area (Å²) in [6, 6.07) is 0. The van der Waals surface area contributed by atoms with E-state index in [1.807, 2.05) is 6.08 Å². The Balaban J connectivity index is 2.74. The van der Waals surface area contributed by atoms with Crippen molar-refractivity contribution in [3.05, 3.63) is 12.2 Å². The van der Waals surface area contributed by atoms with E-state index in [0.29, 0.717) is 6.42 Å². The molecule has 0 aromatic heterocycles. The Morgan fingerprint density at radius 2 is 2.30 bits per heavy atom. The van der Waals surface area contributed by atoms with E-state index < -0.39 is 10.1 Å². The van der Waals surface area contributed by atoms with Crippen molar-refractivity contribution in [1.29, 1.82) is 0 Å². The summed E-state index contributed by atoms with van der Waals surface area (Å²) in [4.78, 5) is 0. The van der Waals surface area contributed by atoms with Gasteiger partial charge in [-0.3, -0.25) is 4.18 Å². The second kappa shape index (κ2) is 2.72. The van der Waals surface area contributed by atoms with Gasteiger partial charge in [0.15, 0.2) is 0 Å². The van der Waals surface area contributed by atoms with E-state index in [1.54, 1.807) is 13.0 Å². The summed E-state index contributed by atoms with van der Waals surface area (Å²) in [5, 5.41) is 0. The molecule has 3 nitrogen and oxygen atoms in total. The summed E-state index contributed by atoms with van der Waals surface area (Å²) in [6.07, 6.45) is 3.85. The van der Waals surface area contributed by atoms with Crippen LogP contribution in [0.3, 0.4) is 0 Å².